The van der Waals surface area contributed by atoms with Crippen LogP contribution in [-0.2, 0) is 29.0 Å². The highest BCUT2D eigenvalue weighted by Crippen LogP contribution is 2.20. The van der Waals surface area contributed by atoms with Crippen LogP contribution in [0.3, 0.4) is 0 Å². The van der Waals surface area contributed by atoms with Crippen molar-refractivity contribution in [1.29, 1.82) is 0 Å². The van der Waals surface area contributed by atoms with Gasteiger partial charge >= 0.3 is 0 Å². The number of carbonyl (C=O) groups is 2. The molecular formula is C32H36N4O2. The van der Waals surface area contributed by atoms with Gasteiger partial charge in [0.15, 0.2) is 0 Å². The van der Waals surface area contributed by atoms with E-state index in [1.165, 1.54) is 18.4 Å². The van der Waals surface area contributed by atoms with Gasteiger partial charge in [0, 0.05) is 39.0 Å². The minimum atomic E-state index is -0.00327. The molecule has 1 aromatic heterocycles. The molecule has 3 aromatic carbocycles. The molecule has 0 saturated carbocycles. The van der Waals surface area contributed by atoms with Gasteiger partial charge in [-0.1, -0.05) is 79.6 Å². The lowest BCUT2D eigenvalue weighted by Crippen LogP contribution is -2.32. The SMILES string of the molecule is O=C(Cc1ccc(-c2ccccc2)cc1)NCCc1nc2ccccc2n1CCC(=O)N1CCCCCC1. The Morgan fingerprint density at radius 3 is 2.24 bits per heavy atom. The van der Waals surface area contributed by atoms with E-state index in [0.29, 0.717) is 32.4 Å². The zero-order valence-electron chi connectivity index (χ0n) is 21.9. The molecule has 0 radical (unpaired) electrons. The maximum absolute atomic E-state index is 12.9. The van der Waals surface area contributed by atoms with E-state index in [9.17, 15) is 9.59 Å². The summed E-state index contributed by atoms with van der Waals surface area (Å²) >= 11 is 0. The molecule has 6 nitrogen and oxygen atoms in total. The van der Waals surface area contributed by atoms with Crippen LogP contribution in [0.1, 0.15) is 43.5 Å². The Bertz CT molecular complexity index is 1350. The van der Waals surface area contributed by atoms with Crippen LogP contribution in [0.25, 0.3) is 22.2 Å². The Hall–Kier alpha value is -3.93. The number of rotatable bonds is 9. The van der Waals surface area contributed by atoms with Crippen molar-refractivity contribution in [3.05, 3.63) is 90.3 Å². The van der Waals surface area contributed by atoms with Crippen LogP contribution >= 0.6 is 0 Å². The van der Waals surface area contributed by atoms with E-state index in [1.807, 2.05) is 53.4 Å². The number of nitrogens with zero attached hydrogens (tertiary/aromatic N) is 3. The third kappa shape index (κ3) is 6.49. The molecule has 0 bridgehead atoms. The summed E-state index contributed by atoms with van der Waals surface area (Å²) in [5.41, 5.74) is 5.26. The standard InChI is InChI=1S/C32H36N4O2/c37-31(24-25-14-16-27(17-15-25)26-10-4-3-5-11-26)33-20-18-30-34-28-12-6-7-13-29(28)36(30)23-19-32(38)35-21-8-1-2-9-22-35/h3-7,10-17H,1-2,8-9,18-24H2,(H,33,37). The second-order valence-corrected chi connectivity index (χ2v) is 10.1. The summed E-state index contributed by atoms with van der Waals surface area (Å²) in [4.78, 5) is 32.4. The molecule has 0 atom stereocenters. The number of likely N-dealkylation sites (tertiary alicyclic amines) is 1. The third-order valence-electron chi connectivity index (χ3n) is 7.34. The number of nitrogens with one attached hydrogen (secondary N) is 1. The largest absolute Gasteiger partial charge is 0.355 e. The highest BCUT2D eigenvalue weighted by Gasteiger charge is 2.17. The molecule has 6 heteroatoms. The smallest absolute Gasteiger partial charge is 0.224 e. The summed E-state index contributed by atoms with van der Waals surface area (Å²) in [7, 11) is 0. The van der Waals surface area contributed by atoms with E-state index >= 15 is 0 Å². The van der Waals surface area contributed by atoms with Crippen LogP contribution in [0.2, 0.25) is 0 Å². The summed E-state index contributed by atoms with van der Waals surface area (Å²) in [6.07, 6.45) is 6.05. The summed E-state index contributed by atoms with van der Waals surface area (Å²) in [6, 6.07) is 26.4. The topological polar surface area (TPSA) is 67.2 Å². The fourth-order valence-electron chi connectivity index (χ4n) is 5.26. The number of para-hydroxylation sites is 2. The van der Waals surface area contributed by atoms with Crippen LogP contribution in [0.4, 0.5) is 0 Å². The zero-order chi connectivity index (χ0) is 26.2. The van der Waals surface area contributed by atoms with Crippen LogP contribution in [0.15, 0.2) is 78.9 Å². The Labute approximate surface area is 224 Å². The highest BCUT2D eigenvalue weighted by molar-refractivity contribution is 5.79. The van der Waals surface area contributed by atoms with Crippen molar-refractivity contribution in [3.8, 4) is 11.1 Å². The molecule has 38 heavy (non-hydrogen) atoms. The molecule has 1 fully saturated rings. The average Bonchev–Trinajstić information content (AvgIpc) is 3.09. The van der Waals surface area contributed by atoms with Crippen molar-refractivity contribution in [2.24, 2.45) is 0 Å². The molecule has 1 aliphatic rings. The normalized spacial score (nSPS) is 13.8. The Kier molecular flexibility index (Phi) is 8.49. The number of hydrogen-bond donors (Lipinski definition) is 1. The van der Waals surface area contributed by atoms with Gasteiger partial charge in [-0.2, -0.15) is 0 Å². The van der Waals surface area contributed by atoms with Crippen molar-refractivity contribution >= 4 is 22.8 Å². The first kappa shape index (κ1) is 25.7. The van der Waals surface area contributed by atoms with Gasteiger partial charge in [-0.05, 0) is 41.7 Å². The van der Waals surface area contributed by atoms with Crippen LogP contribution in [0, 0.1) is 0 Å². The van der Waals surface area contributed by atoms with E-state index in [2.05, 4.69) is 40.2 Å². The minimum absolute atomic E-state index is 0.00327. The Morgan fingerprint density at radius 1 is 0.789 bits per heavy atom. The fraction of sp³-hybridized carbons (Fsp3) is 0.344. The molecule has 2 heterocycles. The molecule has 196 valence electrons. The molecule has 1 N–H and O–H groups in total. The highest BCUT2D eigenvalue weighted by atomic mass is 16.2. The van der Waals surface area contributed by atoms with E-state index in [1.54, 1.807) is 0 Å². The van der Waals surface area contributed by atoms with Crippen molar-refractivity contribution in [3.63, 3.8) is 0 Å². The van der Waals surface area contributed by atoms with Gasteiger partial charge in [-0.3, -0.25) is 9.59 Å². The summed E-state index contributed by atoms with van der Waals surface area (Å²) in [6.45, 7) is 2.85. The molecule has 2 amide bonds. The van der Waals surface area contributed by atoms with Crippen molar-refractivity contribution in [2.75, 3.05) is 19.6 Å². The predicted octanol–water partition coefficient (Wildman–Crippen LogP) is 5.40. The molecule has 1 saturated heterocycles. The molecule has 4 aromatic rings. The van der Waals surface area contributed by atoms with Gasteiger partial charge in [0.2, 0.25) is 11.8 Å². The van der Waals surface area contributed by atoms with Gasteiger partial charge in [-0.15, -0.1) is 0 Å². The molecule has 0 aliphatic carbocycles. The number of carbonyl (C=O) groups excluding carboxylic acids is 2. The Balaban J connectivity index is 1.17. The lowest BCUT2D eigenvalue weighted by Gasteiger charge is -2.20. The van der Waals surface area contributed by atoms with Gasteiger partial charge in [0.1, 0.15) is 5.82 Å². The number of fused-ring (bicyclic) bond motifs is 1. The molecule has 0 unspecified atom stereocenters. The lowest BCUT2D eigenvalue weighted by molar-refractivity contribution is -0.131. The maximum atomic E-state index is 12.9. The molecule has 0 spiro atoms. The number of hydrogen-bond acceptors (Lipinski definition) is 3. The number of amides is 2. The summed E-state index contributed by atoms with van der Waals surface area (Å²) < 4.78 is 2.15. The zero-order valence-corrected chi connectivity index (χ0v) is 21.9. The van der Waals surface area contributed by atoms with E-state index in [-0.39, 0.29) is 11.8 Å². The Morgan fingerprint density at radius 2 is 1.47 bits per heavy atom. The number of aromatic nitrogens is 2. The van der Waals surface area contributed by atoms with Gasteiger partial charge < -0.3 is 14.8 Å². The number of aryl methyl sites for hydroxylation is 1. The van der Waals surface area contributed by atoms with E-state index < -0.39 is 0 Å². The first-order valence-corrected chi connectivity index (χ1v) is 13.8. The maximum Gasteiger partial charge on any atom is 0.224 e. The lowest BCUT2D eigenvalue weighted by atomic mass is 10.0. The van der Waals surface area contributed by atoms with E-state index in [4.69, 9.17) is 4.98 Å². The van der Waals surface area contributed by atoms with Gasteiger partial charge in [-0.25, -0.2) is 4.98 Å². The summed E-state index contributed by atoms with van der Waals surface area (Å²) in [5, 5.41) is 3.05. The van der Waals surface area contributed by atoms with E-state index in [0.717, 1.165) is 53.9 Å². The third-order valence-corrected chi connectivity index (χ3v) is 7.34. The average molecular weight is 509 g/mol. The molecule has 1 aliphatic heterocycles. The number of imidazole rings is 1. The second kappa shape index (κ2) is 12.5. The van der Waals surface area contributed by atoms with Crippen molar-refractivity contribution in [2.45, 2.75) is 51.5 Å². The van der Waals surface area contributed by atoms with Crippen LogP contribution < -0.4 is 5.32 Å². The van der Waals surface area contributed by atoms with Crippen LogP contribution in [-0.4, -0.2) is 45.9 Å². The first-order valence-electron chi connectivity index (χ1n) is 13.8. The molecule has 5 rings (SSSR count). The first-order chi connectivity index (χ1) is 18.7. The molecular weight excluding hydrogens is 472 g/mol. The fourth-order valence-corrected chi connectivity index (χ4v) is 5.26. The van der Waals surface area contributed by atoms with Gasteiger partial charge in [0.25, 0.3) is 0 Å². The minimum Gasteiger partial charge on any atom is -0.355 e. The number of benzene rings is 3. The van der Waals surface area contributed by atoms with Crippen LogP contribution in [0.5, 0.6) is 0 Å². The predicted molar refractivity (Wildman–Crippen MR) is 152 cm³/mol. The monoisotopic (exact) mass is 508 g/mol. The summed E-state index contributed by atoms with van der Waals surface area (Å²) in [5.74, 6) is 1.13. The van der Waals surface area contributed by atoms with Crippen molar-refractivity contribution < 1.29 is 9.59 Å². The quantitative estimate of drug-likeness (QED) is 0.329. The van der Waals surface area contributed by atoms with Crippen molar-refractivity contribution in [1.82, 2.24) is 19.8 Å². The second-order valence-electron chi connectivity index (χ2n) is 10.1. The van der Waals surface area contributed by atoms with Gasteiger partial charge in [0.05, 0.1) is 17.5 Å².